The second kappa shape index (κ2) is 27.8. The van der Waals surface area contributed by atoms with Crippen LogP contribution in [0.3, 0.4) is 0 Å². The molecule has 0 fully saturated rings. The summed E-state index contributed by atoms with van der Waals surface area (Å²) in [6.07, 6.45) is 25.5. The predicted molar refractivity (Wildman–Crippen MR) is 178 cm³/mol. The van der Waals surface area contributed by atoms with Crippen molar-refractivity contribution in [3.63, 3.8) is 0 Å². The van der Waals surface area contributed by atoms with Gasteiger partial charge >= 0.3 is 0 Å². The molecule has 0 aromatic carbocycles. The van der Waals surface area contributed by atoms with Crippen LogP contribution in [0.15, 0.2) is 0 Å². The fourth-order valence-electron chi connectivity index (χ4n) is 5.16. The molecule has 8 nitrogen and oxygen atoms in total. The maximum Gasteiger partial charge on any atom is 0.268 e. The molecule has 3 unspecified atom stereocenters. The number of phosphoric acid groups is 1. The second-order valence-electron chi connectivity index (χ2n) is 13.6. The Kier molecular flexibility index (Phi) is 27.5. The summed E-state index contributed by atoms with van der Waals surface area (Å²) in [5.41, 5.74) is 0. The van der Waals surface area contributed by atoms with Crippen LogP contribution >= 0.6 is 7.82 Å². The topological polar surface area (TPSA) is 108 Å². The lowest BCUT2D eigenvalue weighted by Crippen LogP contribution is -2.46. The van der Waals surface area contributed by atoms with Crippen LogP contribution in [0.4, 0.5) is 0 Å². The fraction of sp³-hybridized carbons (Fsp3) is 0.971. The van der Waals surface area contributed by atoms with Crippen LogP contribution in [0.2, 0.25) is 0 Å². The number of unbranched alkanes of at least 4 members (excludes halogenated alkanes) is 19. The number of nitrogens with one attached hydrogen (secondary N) is 1. The van der Waals surface area contributed by atoms with E-state index < -0.39 is 20.0 Å². The van der Waals surface area contributed by atoms with Crippen molar-refractivity contribution in [1.82, 2.24) is 5.32 Å². The van der Waals surface area contributed by atoms with Gasteiger partial charge in [-0.25, -0.2) is 0 Å². The molecule has 0 aliphatic carbocycles. The molecule has 1 amide bonds. The van der Waals surface area contributed by atoms with Crippen LogP contribution in [0.25, 0.3) is 0 Å². The lowest BCUT2D eigenvalue weighted by Gasteiger charge is -2.30. The quantitative estimate of drug-likeness (QED) is 0.0440. The highest BCUT2D eigenvalue weighted by molar-refractivity contribution is 7.45. The zero-order valence-corrected chi connectivity index (χ0v) is 29.8. The Labute approximate surface area is 266 Å². The van der Waals surface area contributed by atoms with E-state index in [2.05, 4.69) is 19.2 Å². The van der Waals surface area contributed by atoms with E-state index in [1.165, 1.54) is 96.3 Å². The van der Waals surface area contributed by atoms with Gasteiger partial charge in [-0.3, -0.25) is 9.36 Å². The molecule has 3 atom stereocenters. The first-order valence-corrected chi connectivity index (χ1v) is 19.3. The molecule has 0 aliphatic rings. The fourth-order valence-corrected chi connectivity index (χ4v) is 5.88. The number of amides is 1. The molecular weight excluding hydrogens is 563 g/mol. The van der Waals surface area contributed by atoms with Crippen LogP contribution in [0.5, 0.6) is 0 Å². The highest BCUT2D eigenvalue weighted by atomic mass is 31.2. The van der Waals surface area contributed by atoms with Crippen LogP contribution < -0.4 is 10.2 Å². The molecule has 0 radical (unpaired) electrons. The summed E-state index contributed by atoms with van der Waals surface area (Å²) in [6, 6.07) is -0.788. The number of nitrogens with zero attached hydrogens (tertiary/aromatic N) is 1. The number of aliphatic hydroxyl groups is 1. The molecule has 0 saturated heterocycles. The SMILES string of the molecule is CCCCCCCCCCCCCCCCCC(=O)NC(COP(=O)([O-])OCC[N+](C)(C)C)C(O)CCCCCCCC. The number of rotatable bonds is 32. The van der Waals surface area contributed by atoms with Crippen molar-refractivity contribution < 1.29 is 32.9 Å². The first-order valence-electron chi connectivity index (χ1n) is 17.9. The maximum absolute atomic E-state index is 12.7. The van der Waals surface area contributed by atoms with Gasteiger partial charge in [0.1, 0.15) is 13.2 Å². The van der Waals surface area contributed by atoms with Crippen molar-refractivity contribution in [2.45, 2.75) is 174 Å². The summed E-state index contributed by atoms with van der Waals surface area (Å²) in [7, 11) is 1.31. The molecule has 0 rings (SSSR count). The minimum absolute atomic E-state index is 0.0147. The standard InChI is InChI=1S/C34H71N2O6P/c1-6-8-10-12-14-15-16-17-18-19-20-21-22-24-26-28-34(38)35-32(33(37)27-25-23-13-11-9-7-2)31-42-43(39,40)41-30-29-36(3,4)5/h32-33,37H,6-31H2,1-5H3,(H-,35,38,39,40). The summed E-state index contributed by atoms with van der Waals surface area (Å²) >= 11 is 0. The smallest absolute Gasteiger partial charge is 0.268 e. The van der Waals surface area contributed by atoms with Gasteiger partial charge in [-0.1, -0.05) is 142 Å². The van der Waals surface area contributed by atoms with E-state index in [0.29, 0.717) is 23.9 Å². The van der Waals surface area contributed by atoms with Gasteiger partial charge in [-0.05, 0) is 12.8 Å². The molecule has 0 aliphatic heterocycles. The lowest BCUT2D eigenvalue weighted by atomic mass is 10.0. The molecule has 9 heteroatoms. The number of aliphatic hydroxyl groups excluding tert-OH is 1. The summed E-state index contributed by atoms with van der Waals surface area (Å²) in [5.74, 6) is -0.169. The zero-order valence-electron chi connectivity index (χ0n) is 28.9. The number of quaternary nitrogens is 1. The van der Waals surface area contributed by atoms with E-state index in [-0.39, 0.29) is 19.1 Å². The minimum Gasteiger partial charge on any atom is -0.756 e. The van der Waals surface area contributed by atoms with Gasteiger partial charge < -0.3 is 28.8 Å². The van der Waals surface area contributed by atoms with E-state index in [9.17, 15) is 19.4 Å². The first-order chi connectivity index (χ1) is 20.5. The average molecular weight is 635 g/mol. The largest absolute Gasteiger partial charge is 0.756 e. The van der Waals surface area contributed by atoms with E-state index in [0.717, 1.165) is 38.5 Å². The average Bonchev–Trinajstić information content (AvgIpc) is 2.94. The Balaban J connectivity index is 4.32. The lowest BCUT2D eigenvalue weighted by molar-refractivity contribution is -0.870. The van der Waals surface area contributed by atoms with E-state index in [1.807, 2.05) is 21.1 Å². The van der Waals surface area contributed by atoms with Gasteiger partial charge in [0.2, 0.25) is 5.91 Å². The van der Waals surface area contributed by atoms with Gasteiger partial charge in [-0.15, -0.1) is 0 Å². The highest BCUT2D eigenvalue weighted by Crippen LogP contribution is 2.38. The molecule has 0 heterocycles. The van der Waals surface area contributed by atoms with Gasteiger partial charge in [0.25, 0.3) is 7.82 Å². The van der Waals surface area contributed by atoms with Crippen LogP contribution in [0, 0.1) is 0 Å². The molecule has 0 bridgehead atoms. The molecular formula is C34H71N2O6P. The van der Waals surface area contributed by atoms with Crippen LogP contribution in [-0.2, 0) is 18.4 Å². The molecule has 0 spiro atoms. The number of likely N-dealkylation sites (N-methyl/N-ethyl adjacent to an activating group) is 1. The monoisotopic (exact) mass is 635 g/mol. The maximum atomic E-state index is 12.7. The second-order valence-corrected chi connectivity index (χ2v) is 15.0. The third-order valence-corrected chi connectivity index (χ3v) is 9.06. The number of hydrogen-bond donors (Lipinski definition) is 2. The van der Waals surface area contributed by atoms with Crippen molar-refractivity contribution in [3.05, 3.63) is 0 Å². The zero-order chi connectivity index (χ0) is 32.2. The summed E-state index contributed by atoms with van der Waals surface area (Å²) in [4.78, 5) is 25.0. The predicted octanol–water partition coefficient (Wildman–Crippen LogP) is 8.05. The van der Waals surface area contributed by atoms with Gasteiger partial charge in [0, 0.05) is 6.42 Å². The molecule has 43 heavy (non-hydrogen) atoms. The van der Waals surface area contributed by atoms with Crippen LogP contribution in [-0.4, -0.2) is 68.5 Å². The van der Waals surface area contributed by atoms with Crippen molar-refractivity contribution >= 4 is 13.7 Å². The summed E-state index contributed by atoms with van der Waals surface area (Å²) in [5, 5.41) is 13.7. The summed E-state index contributed by atoms with van der Waals surface area (Å²) < 4.78 is 23.0. The van der Waals surface area contributed by atoms with Gasteiger partial charge in [0.05, 0.1) is 39.9 Å². The molecule has 2 N–H and O–H groups in total. The van der Waals surface area contributed by atoms with Gasteiger partial charge in [0.15, 0.2) is 0 Å². The highest BCUT2D eigenvalue weighted by Gasteiger charge is 2.24. The van der Waals surface area contributed by atoms with E-state index in [1.54, 1.807) is 0 Å². The molecule has 258 valence electrons. The van der Waals surface area contributed by atoms with Crippen molar-refractivity contribution in [2.75, 3.05) is 40.9 Å². The van der Waals surface area contributed by atoms with Crippen molar-refractivity contribution in [1.29, 1.82) is 0 Å². The normalized spacial score (nSPS) is 14.9. The van der Waals surface area contributed by atoms with Gasteiger partial charge in [-0.2, -0.15) is 0 Å². The summed E-state index contributed by atoms with van der Waals surface area (Å²) in [6.45, 7) is 4.64. The number of phosphoric ester groups is 1. The van der Waals surface area contributed by atoms with E-state index >= 15 is 0 Å². The third kappa shape index (κ3) is 29.9. The van der Waals surface area contributed by atoms with Crippen molar-refractivity contribution in [3.8, 4) is 0 Å². The molecule has 0 saturated carbocycles. The molecule has 0 aromatic heterocycles. The Bertz CT molecular complexity index is 688. The Morgan fingerprint density at radius 1 is 0.721 bits per heavy atom. The van der Waals surface area contributed by atoms with Crippen LogP contribution in [0.1, 0.15) is 162 Å². The Morgan fingerprint density at radius 2 is 1.14 bits per heavy atom. The molecule has 0 aromatic rings. The van der Waals surface area contributed by atoms with Crippen molar-refractivity contribution in [2.24, 2.45) is 0 Å². The Morgan fingerprint density at radius 3 is 1.58 bits per heavy atom. The number of carbonyl (C=O) groups excluding carboxylic acids is 1. The first kappa shape index (κ1) is 42.5. The Hall–Kier alpha value is -0.500. The minimum atomic E-state index is -4.54. The third-order valence-electron chi connectivity index (χ3n) is 8.10. The van der Waals surface area contributed by atoms with E-state index in [4.69, 9.17) is 9.05 Å². The number of carbonyl (C=O) groups is 1. The number of hydrogen-bond acceptors (Lipinski definition) is 6.